The van der Waals surface area contributed by atoms with Gasteiger partial charge in [0.05, 0.1) is 7.11 Å². The molecule has 18 heavy (non-hydrogen) atoms. The molecule has 0 aromatic heterocycles. The Balaban J connectivity index is 2.44. The van der Waals surface area contributed by atoms with E-state index >= 15 is 0 Å². The van der Waals surface area contributed by atoms with Gasteiger partial charge in [-0.3, -0.25) is 9.59 Å². The maximum absolute atomic E-state index is 11.8. The topological polar surface area (TPSA) is 92.7 Å². The zero-order valence-electron chi connectivity index (χ0n) is 10.2. The third-order valence-electron chi connectivity index (χ3n) is 2.78. The third kappa shape index (κ3) is 4.56. The van der Waals surface area contributed by atoms with Crippen molar-refractivity contribution in [3.05, 3.63) is 0 Å². The summed E-state index contributed by atoms with van der Waals surface area (Å²) in [4.78, 5) is 33.7. The molecule has 2 unspecified atom stereocenters. The van der Waals surface area contributed by atoms with Crippen molar-refractivity contribution in [1.29, 1.82) is 0 Å². The fourth-order valence-corrected chi connectivity index (χ4v) is 2.87. The lowest BCUT2D eigenvalue weighted by atomic mass is 10.1. The number of nitrogens with one attached hydrogen (secondary N) is 1. The van der Waals surface area contributed by atoms with Crippen molar-refractivity contribution in [2.24, 2.45) is 5.92 Å². The van der Waals surface area contributed by atoms with Gasteiger partial charge in [-0.05, 0) is 18.6 Å². The molecule has 1 rings (SSSR count). The van der Waals surface area contributed by atoms with Crippen molar-refractivity contribution < 1.29 is 24.2 Å². The number of thioether (sulfide) groups is 1. The van der Waals surface area contributed by atoms with Gasteiger partial charge in [-0.15, -0.1) is 0 Å². The van der Waals surface area contributed by atoms with Crippen LogP contribution in [0.1, 0.15) is 19.3 Å². The van der Waals surface area contributed by atoms with Gasteiger partial charge >= 0.3 is 11.9 Å². The van der Waals surface area contributed by atoms with E-state index in [0.29, 0.717) is 0 Å². The van der Waals surface area contributed by atoms with E-state index in [1.807, 2.05) is 0 Å². The Morgan fingerprint density at radius 2 is 2.22 bits per heavy atom. The monoisotopic (exact) mass is 275 g/mol. The summed E-state index contributed by atoms with van der Waals surface area (Å²) in [5, 5.41) is 11.5. The molecular formula is C11H17NO5S. The molecule has 1 fully saturated rings. The lowest BCUT2D eigenvalue weighted by molar-refractivity contribution is -0.144. The van der Waals surface area contributed by atoms with Crippen LogP contribution in [0, 0.1) is 5.92 Å². The van der Waals surface area contributed by atoms with E-state index in [2.05, 4.69) is 10.1 Å². The number of methoxy groups -OCH3 is 1. The lowest BCUT2D eigenvalue weighted by Crippen LogP contribution is -2.44. The largest absolute Gasteiger partial charge is 0.480 e. The van der Waals surface area contributed by atoms with Crippen LogP contribution in [0.3, 0.4) is 0 Å². The van der Waals surface area contributed by atoms with Crippen LogP contribution in [0.15, 0.2) is 0 Å². The van der Waals surface area contributed by atoms with E-state index in [0.717, 1.165) is 17.9 Å². The van der Waals surface area contributed by atoms with E-state index in [4.69, 9.17) is 5.11 Å². The summed E-state index contributed by atoms with van der Waals surface area (Å²) < 4.78 is 4.44. The van der Waals surface area contributed by atoms with Crippen LogP contribution in [0.2, 0.25) is 0 Å². The van der Waals surface area contributed by atoms with Crippen molar-refractivity contribution in [3.8, 4) is 0 Å². The number of carbonyl (C=O) groups is 3. The van der Waals surface area contributed by atoms with Gasteiger partial charge in [0.25, 0.3) is 0 Å². The molecule has 1 heterocycles. The number of hydrogen-bond donors (Lipinski definition) is 2. The molecule has 0 aromatic rings. The van der Waals surface area contributed by atoms with E-state index in [1.165, 1.54) is 7.11 Å². The quantitative estimate of drug-likeness (QED) is 0.676. The number of carboxylic acids is 1. The maximum Gasteiger partial charge on any atom is 0.326 e. The summed E-state index contributed by atoms with van der Waals surface area (Å²) in [6, 6.07) is -1.03. The Hall–Kier alpha value is -1.24. The molecule has 0 aliphatic carbocycles. The molecule has 1 aliphatic heterocycles. The van der Waals surface area contributed by atoms with Crippen LogP contribution in [0.4, 0.5) is 0 Å². The zero-order chi connectivity index (χ0) is 13.5. The predicted octanol–water partition coefficient (Wildman–Crippen LogP) is 0.262. The number of ether oxygens (including phenoxy) is 1. The highest BCUT2D eigenvalue weighted by Gasteiger charge is 2.28. The molecule has 0 spiro atoms. The first-order valence-corrected chi connectivity index (χ1v) is 6.87. The molecule has 1 saturated heterocycles. The minimum atomic E-state index is -1.13. The number of rotatable bonds is 6. The molecule has 102 valence electrons. The SMILES string of the molecule is COC(=O)CCC(NC(=O)C1CCSC1)C(=O)O. The molecule has 7 heteroatoms. The standard InChI is InChI=1S/C11H17NO5S/c1-17-9(13)3-2-8(11(15)16)12-10(14)7-4-5-18-6-7/h7-8H,2-6H2,1H3,(H,12,14)(H,15,16). The Morgan fingerprint density at radius 1 is 1.50 bits per heavy atom. The van der Waals surface area contributed by atoms with Gasteiger partial charge in [-0.25, -0.2) is 4.79 Å². The van der Waals surface area contributed by atoms with Crippen molar-refractivity contribution in [2.45, 2.75) is 25.3 Å². The molecule has 2 atom stereocenters. The summed E-state index contributed by atoms with van der Waals surface area (Å²) in [6.45, 7) is 0. The van der Waals surface area contributed by atoms with Crippen LogP contribution in [-0.2, 0) is 19.1 Å². The number of carbonyl (C=O) groups excluding carboxylic acids is 2. The van der Waals surface area contributed by atoms with Crippen molar-refractivity contribution in [1.82, 2.24) is 5.32 Å². The first-order chi connectivity index (χ1) is 8.54. The zero-order valence-corrected chi connectivity index (χ0v) is 11.0. The average Bonchev–Trinajstić information content (AvgIpc) is 2.87. The molecule has 0 bridgehead atoms. The Labute approximate surface area is 109 Å². The second-order valence-corrected chi connectivity index (χ2v) is 5.22. The van der Waals surface area contributed by atoms with Gasteiger partial charge in [0.1, 0.15) is 6.04 Å². The van der Waals surface area contributed by atoms with Crippen LogP contribution < -0.4 is 5.32 Å². The molecule has 0 saturated carbocycles. The third-order valence-corrected chi connectivity index (χ3v) is 3.94. The summed E-state index contributed by atoms with van der Waals surface area (Å²) >= 11 is 1.69. The molecule has 0 aromatic carbocycles. The van der Waals surface area contributed by atoms with Crippen molar-refractivity contribution in [3.63, 3.8) is 0 Å². The van der Waals surface area contributed by atoms with Gasteiger partial charge < -0.3 is 15.2 Å². The van der Waals surface area contributed by atoms with Gasteiger partial charge in [0.15, 0.2) is 0 Å². The Bertz CT molecular complexity index is 327. The van der Waals surface area contributed by atoms with Crippen LogP contribution in [0.25, 0.3) is 0 Å². The number of amides is 1. The first-order valence-electron chi connectivity index (χ1n) is 5.72. The van der Waals surface area contributed by atoms with E-state index < -0.39 is 18.0 Å². The number of esters is 1. The van der Waals surface area contributed by atoms with Gasteiger partial charge in [0.2, 0.25) is 5.91 Å². The average molecular weight is 275 g/mol. The van der Waals surface area contributed by atoms with Crippen LogP contribution >= 0.6 is 11.8 Å². The van der Waals surface area contributed by atoms with Gasteiger partial charge in [0, 0.05) is 18.1 Å². The van der Waals surface area contributed by atoms with Crippen LogP contribution in [-0.4, -0.2) is 47.6 Å². The minimum Gasteiger partial charge on any atom is -0.480 e. The second kappa shape index (κ2) is 7.25. The Kier molecular flexibility index (Phi) is 5.97. The van der Waals surface area contributed by atoms with E-state index in [1.54, 1.807) is 11.8 Å². The normalized spacial score (nSPS) is 20.2. The molecule has 1 amide bonds. The van der Waals surface area contributed by atoms with E-state index in [9.17, 15) is 14.4 Å². The number of aliphatic carboxylic acids is 1. The lowest BCUT2D eigenvalue weighted by Gasteiger charge is -2.16. The summed E-state index contributed by atoms with van der Waals surface area (Å²) in [6.07, 6.45) is 0.806. The predicted molar refractivity (Wildman–Crippen MR) is 66.2 cm³/mol. The van der Waals surface area contributed by atoms with Crippen molar-refractivity contribution in [2.75, 3.05) is 18.6 Å². The molecule has 2 N–H and O–H groups in total. The summed E-state index contributed by atoms with van der Waals surface area (Å²) in [5.41, 5.74) is 0. The molecule has 1 aliphatic rings. The van der Waals surface area contributed by atoms with Crippen LogP contribution in [0.5, 0.6) is 0 Å². The Morgan fingerprint density at radius 3 is 2.72 bits per heavy atom. The smallest absolute Gasteiger partial charge is 0.326 e. The summed E-state index contributed by atoms with van der Waals surface area (Å²) in [7, 11) is 1.24. The van der Waals surface area contributed by atoms with Crippen molar-refractivity contribution >= 4 is 29.6 Å². The minimum absolute atomic E-state index is 0.0207. The molecular weight excluding hydrogens is 258 g/mol. The highest BCUT2D eigenvalue weighted by atomic mass is 32.2. The first kappa shape index (κ1) is 14.8. The maximum atomic E-state index is 11.8. The fourth-order valence-electron chi connectivity index (χ4n) is 1.65. The fraction of sp³-hybridized carbons (Fsp3) is 0.727. The van der Waals surface area contributed by atoms with Gasteiger partial charge in [-0.1, -0.05) is 0 Å². The number of carboxylic acid groups (broad SMARTS) is 1. The van der Waals surface area contributed by atoms with E-state index in [-0.39, 0.29) is 24.7 Å². The summed E-state index contributed by atoms with van der Waals surface area (Å²) in [5.74, 6) is -0.301. The molecule has 6 nitrogen and oxygen atoms in total. The highest BCUT2D eigenvalue weighted by Crippen LogP contribution is 2.23. The molecule has 0 radical (unpaired) electrons. The number of hydrogen-bond acceptors (Lipinski definition) is 5. The second-order valence-electron chi connectivity index (χ2n) is 4.07. The van der Waals surface area contributed by atoms with Gasteiger partial charge in [-0.2, -0.15) is 11.8 Å². The highest BCUT2D eigenvalue weighted by molar-refractivity contribution is 7.99.